The number of fused-ring (bicyclic) bond motifs is 1. The lowest BCUT2D eigenvalue weighted by molar-refractivity contribution is -0.117. The first-order valence-corrected chi connectivity index (χ1v) is 7.77. The van der Waals surface area contributed by atoms with E-state index in [0.29, 0.717) is 12.8 Å². The Morgan fingerprint density at radius 1 is 1.43 bits per heavy atom. The number of nitrogens with zero attached hydrogens (tertiary/aromatic N) is 1. The highest BCUT2D eigenvalue weighted by molar-refractivity contribution is 7.19. The van der Waals surface area contributed by atoms with E-state index in [-0.39, 0.29) is 5.91 Å². The number of hydrogen-bond donors (Lipinski definition) is 1. The van der Waals surface area contributed by atoms with Crippen molar-refractivity contribution in [1.29, 1.82) is 0 Å². The Labute approximate surface area is 129 Å². The highest BCUT2D eigenvalue weighted by Gasteiger charge is 2.24. The standard InChI is InChI=1S/C17H18N2OS/c1-4-17(5-2,6-3)19-15(20)11-12-16-18-13-9-7-8-10-14(13)21-16/h1,7-12H,5-6H2,2-3H3,(H,19,20). The minimum absolute atomic E-state index is 0.184. The Balaban J connectivity index is 2.10. The monoisotopic (exact) mass is 298 g/mol. The maximum Gasteiger partial charge on any atom is 0.245 e. The number of rotatable bonds is 5. The Morgan fingerprint density at radius 3 is 2.76 bits per heavy atom. The predicted molar refractivity (Wildman–Crippen MR) is 88.9 cm³/mol. The van der Waals surface area contributed by atoms with Gasteiger partial charge >= 0.3 is 0 Å². The zero-order valence-corrected chi connectivity index (χ0v) is 13.0. The fourth-order valence-electron chi connectivity index (χ4n) is 2.05. The Kier molecular flexibility index (Phi) is 4.77. The van der Waals surface area contributed by atoms with Crippen LogP contribution in [0.3, 0.4) is 0 Å². The van der Waals surface area contributed by atoms with Crippen molar-refractivity contribution in [3.63, 3.8) is 0 Å². The van der Waals surface area contributed by atoms with Gasteiger partial charge in [0.1, 0.15) is 10.5 Å². The third kappa shape index (κ3) is 3.50. The number of thiazole rings is 1. The molecule has 1 N–H and O–H groups in total. The molecule has 0 aliphatic rings. The van der Waals surface area contributed by atoms with Gasteiger partial charge in [0.25, 0.3) is 0 Å². The molecule has 4 heteroatoms. The molecule has 1 aromatic heterocycles. The van der Waals surface area contributed by atoms with Gasteiger partial charge in [0, 0.05) is 6.08 Å². The van der Waals surface area contributed by atoms with Crippen molar-refractivity contribution in [3.05, 3.63) is 35.3 Å². The van der Waals surface area contributed by atoms with Gasteiger partial charge in [-0.25, -0.2) is 4.98 Å². The molecule has 0 bridgehead atoms. The molecule has 0 aliphatic heterocycles. The molecule has 2 aromatic rings. The van der Waals surface area contributed by atoms with Crippen LogP contribution in [-0.2, 0) is 4.79 Å². The number of amides is 1. The van der Waals surface area contributed by atoms with E-state index in [1.165, 1.54) is 6.08 Å². The van der Waals surface area contributed by atoms with Crippen LogP contribution < -0.4 is 5.32 Å². The van der Waals surface area contributed by atoms with E-state index in [9.17, 15) is 4.79 Å². The highest BCUT2D eigenvalue weighted by Crippen LogP contribution is 2.22. The van der Waals surface area contributed by atoms with Crippen molar-refractivity contribution in [2.45, 2.75) is 32.2 Å². The maximum absolute atomic E-state index is 12.0. The van der Waals surface area contributed by atoms with Gasteiger partial charge in [-0.1, -0.05) is 31.9 Å². The average molecular weight is 298 g/mol. The van der Waals surface area contributed by atoms with Crippen LogP contribution >= 0.6 is 11.3 Å². The third-order valence-electron chi connectivity index (χ3n) is 3.53. The summed E-state index contributed by atoms with van der Waals surface area (Å²) in [6.45, 7) is 3.95. The van der Waals surface area contributed by atoms with Crippen molar-refractivity contribution in [2.75, 3.05) is 0 Å². The summed E-state index contributed by atoms with van der Waals surface area (Å²) in [6.07, 6.45) is 10.2. The number of terminal acetylenes is 1. The second kappa shape index (κ2) is 6.55. The molecule has 3 nitrogen and oxygen atoms in total. The van der Waals surface area contributed by atoms with Crippen molar-refractivity contribution in [2.24, 2.45) is 0 Å². The molecule has 0 saturated carbocycles. The molecule has 0 atom stereocenters. The van der Waals surface area contributed by atoms with Crippen LogP contribution in [-0.4, -0.2) is 16.4 Å². The number of carbonyl (C=O) groups excluding carboxylic acids is 1. The summed E-state index contributed by atoms with van der Waals surface area (Å²) in [4.78, 5) is 16.5. The van der Waals surface area contributed by atoms with Gasteiger partial charge in [0.15, 0.2) is 0 Å². The van der Waals surface area contributed by atoms with E-state index in [0.717, 1.165) is 15.2 Å². The minimum Gasteiger partial charge on any atom is -0.336 e. The first kappa shape index (κ1) is 15.3. The van der Waals surface area contributed by atoms with Gasteiger partial charge in [-0.05, 0) is 31.1 Å². The number of hydrogen-bond acceptors (Lipinski definition) is 3. The summed E-state index contributed by atoms with van der Waals surface area (Å²) in [5.74, 6) is 2.50. The zero-order valence-electron chi connectivity index (χ0n) is 12.2. The van der Waals surface area contributed by atoms with Gasteiger partial charge in [-0.3, -0.25) is 4.79 Å². The van der Waals surface area contributed by atoms with E-state index >= 15 is 0 Å². The highest BCUT2D eigenvalue weighted by atomic mass is 32.1. The number of nitrogens with one attached hydrogen (secondary N) is 1. The fourth-order valence-corrected chi connectivity index (χ4v) is 2.92. The molecular weight excluding hydrogens is 280 g/mol. The van der Waals surface area contributed by atoms with Crippen molar-refractivity contribution < 1.29 is 4.79 Å². The van der Waals surface area contributed by atoms with Crippen LogP contribution in [0.15, 0.2) is 30.3 Å². The number of benzene rings is 1. The normalized spacial score (nSPS) is 11.7. The number of para-hydroxylation sites is 1. The average Bonchev–Trinajstić information content (AvgIpc) is 2.94. The molecule has 0 unspecified atom stereocenters. The van der Waals surface area contributed by atoms with Crippen LogP contribution in [0.2, 0.25) is 0 Å². The van der Waals surface area contributed by atoms with Crippen LogP contribution in [0, 0.1) is 12.3 Å². The van der Waals surface area contributed by atoms with Crippen LogP contribution in [0.5, 0.6) is 0 Å². The lowest BCUT2D eigenvalue weighted by Crippen LogP contribution is -2.45. The van der Waals surface area contributed by atoms with Gasteiger partial charge in [-0.15, -0.1) is 17.8 Å². The van der Waals surface area contributed by atoms with Crippen LogP contribution in [0.25, 0.3) is 16.3 Å². The second-order valence-electron chi connectivity index (χ2n) is 4.78. The minimum atomic E-state index is -0.561. The molecular formula is C17H18N2OS. The van der Waals surface area contributed by atoms with E-state index in [2.05, 4.69) is 16.2 Å². The quantitative estimate of drug-likeness (QED) is 0.676. The zero-order chi connectivity index (χ0) is 15.3. The van der Waals surface area contributed by atoms with Gasteiger partial charge < -0.3 is 5.32 Å². The molecule has 21 heavy (non-hydrogen) atoms. The maximum atomic E-state index is 12.0. The van der Waals surface area contributed by atoms with Crippen LogP contribution in [0.4, 0.5) is 0 Å². The largest absolute Gasteiger partial charge is 0.336 e. The molecule has 0 saturated heterocycles. The van der Waals surface area contributed by atoms with E-state index in [1.807, 2.05) is 38.1 Å². The number of aromatic nitrogens is 1. The predicted octanol–water partition coefficient (Wildman–Crippen LogP) is 3.62. The van der Waals surface area contributed by atoms with Crippen molar-refractivity contribution >= 4 is 33.5 Å². The third-order valence-corrected chi connectivity index (χ3v) is 4.54. The van der Waals surface area contributed by atoms with E-state index < -0.39 is 5.54 Å². The molecule has 0 spiro atoms. The molecule has 0 fully saturated rings. The van der Waals surface area contributed by atoms with E-state index in [4.69, 9.17) is 6.42 Å². The number of carbonyl (C=O) groups is 1. The Bertz CT molecular complexity index is 672. The van der Waals surface area contributed by atoms with Crippen molar-refractivity contribution in [1.82, 2.24) is 10.3 Å². The first-order valence-electron chi connectivity index (χ1n) is 6.96. The summed E-state index contributed by atoms with van der Waals surface area (Å²) in [6, 6.07) is 7.90. The topological polar surface area (TPSA) is 42.0 Å². The SMILES string of the molecule is C#CC(CC)(CC)NC(=O)C=Cc1nc2ccccc2s1. The van der Waals surface area contributed by atoms with Crippen molar-refractivity contribution in [3.8, 4) is 12.3 Å². The Morgan fingerprint density at radius 2 is 2.14 bits per heavy atom. The summed E-state index contributed by atoms with van der Waals surface area (Å²) in [7, 11) is 0. The van der Waals surface area contributed by atoms with E-state index in [1.54, 1.807) is 17.4 Å². The van der Waals surface area contributed by atoms with Gasteiger partial charge in [0.2, 0.25) is 5.91 Å². The molecule has 2 rings (SSSR count). The fraction of sp³-hybridized carbons (Fsp3) is 0.294. The smallest absolute Gasteiger partial charge is 0.245 e. The molecule has 1 heterocycles. The summed E-state index contributed by atoms with van der Waals surface area (Å²) in [5, 5.41) is 3.71. The van der Waals surface area contributed by atoms with Gasteiger partial charge in [0.05, 0.1) is 10.2 Å². The lowest BCUT2D eigenvalue weighted by atomic mass is 9.94. The second-order valence-corrected chi connectivity index (χ2v) is 5.84. The van der Waals surface area contributed by atoms with Gasteiger partial charge in [-0.2, -0.15) is 0 Å². The first-order chi connectivity index (χ1) is 10.1. The summed E-state index contributed by atoms with van der Waals surface area (Å²) < 4.78 is 1.11. The Hall–Kier alpha value is -2.12. The molecule has 1 amide bonds. The molecule has 0 aliphatic carbocycles. The van der Waals surface area contributed by atoms with Crippen LogP contribution in [0.1, 0.15) is 31.7 Å². The summed E-state index contributed by atoms with van der Waals surface area (Å²) in [5.41, 5.74) is 0.386. The lowest BCUT2D eigenvalue weighted by Gasteiger charge is -2.26. The molecule has 108 valence electrons. The molecule has 1 aromatic carbocycles. The summed E-state index contributed by atoms with van der Waals surface area (Å²) >= 11 is 1.56. The molecule has 0 radical (unpaired) electrons.